The molecule has 1 atom stereocenters. The van der Waals surface area contributed by atoms with Crippen LogP contribution in [0.15, 0.2) is 196 Å². The number of fused-ring (bicyclic) bond motifs is 6. The van der Waals surface area contributed by atoms with E-state index in [0.717, 1.165) is 5.39 Å². The summed E-state index contributed by atoms with van der Waals surface area (Å²) in [6.07, 6.45) is 17.0. The van der Waals surface area contributed by atoms with Gasteiger partial charge in [0.05, 0.1) is 126 Å². The number of hydrogen-bond acceptors (Lipinski definition) is 41. The number of nitrogens with two attached hydrogens (primary N) is 1. The van der Waals surface area contributed by atoms with Gasteiger partial charge in [0.15, 0.2) is 39.7 Å². The zero-order valence-corrected chi connectivity index (χ0v) is 85.1. The number of nitrogen functional groups attached to an aromatic ring is 1. The Hall–Kier alpha value is -17.6. The molecule has 15 N–H and O–H groups in total. The molecule has 0 aliphatic carbocycles. The SMILES string of the molecule is C.CNCCC(CC(=O)O)C(=O)Cn1ncc2c(NC(=O)c3ccc(OC)cc3)ncnc21.CNCCN(CC(=O)OC)C(=O)Cn1ncc2c(NC(=O)c3ccc(OC)cc3)ncnc21.COC(=O)Cn1ncc2c(NC(=O)c3ccc(OC)cc3)ncnc21.COc1ccc(C(=O)Nc2ncnc3[nH]ncc23)cc1.COc1ccc(C(=O)Nc2ncnc3c2cnn3CC(=O)O)cc1.Nc1ncnc2[nH]ncc12.[Na+].[Na+].[OH-].[OH-]. The normalized spacial score (nSPS) is 10.4. The molecule has 6 amide bonds. The van der Waals surface area contributed by atoms with Crippen LogP contribution < -0.4 is 126 Å². The number of methoxy groups -OCH3 is 7. The number of aliphatic carboxylic acids is 2. The van der Waals surface area contributed by atoms with Crippen LogP contribution in [0.5, 0.6) is 28.7 Å². The number of rotatable bonds is 34. The summed E-state index contributed by atoms with van der Waals surface area (Å²) in [5, 5.41) is 70.3. The van der Waals surface area contributed by atoms with Gasteiger partial charge in [-0.2, -0.15) is 30.6 Å². The Balaban J connectivity index is 0.000000246. The number of nitrogens with zero attached hydrogens (tertiary/aromatic N) is 23. The van der Waals surface area contributed by atoms with Crippen molar-refractivity contribution in [1.82, 2.24) is 135 Å². The van der Waals surface area contributed by atoms with Crippen molar-refractivity contribution in [2.45, 2.75) is 46.4 Å². The molecule has 55 nitrogen and oxygen atoms in total. The van der Waals surface area contributed by atoms with E-state index in [4.69, 9.17) is 39.6 Å². The topological polar surface area (TPSA) is 750 Å². The van der Waals surface area contributed by atoms with Crippen LogP contribution in [-0.2, 0) is 64.4 Å². The molecule has 12 aromatic heterocycles. The molecule has 12 heterocycles. The Kier molecular flexibility index (Phi) is 46.4. The number of carbonyl (C=O) groups is 11. The zero-order valence-electron chi connectivity index (χ0n) is 81.1. The Morgan fingerprint density at radius 1 is 0.369 bits per heavy atom. The third-order valence-corrected chi connectivity index (χ3v) is 20.7. The van der Waals surface area contributed by atoms with Gasteiger partial charge in [0.2, 0.25) is 5.91 Å². The molecule has 5 aromatic carbocycles. The Bertz CT molecular complexity index is 7390. The van der Waals surface area contributed by atoms with Crippen molar-refractivity contribution in [3.63, 3.8) is 0 Å². The van der Waals surface area contributed by atoms with E-state index in [1.165, 1.54) is 101 Å². The fourth-order valence-corrected chi connectivity index (χ4v) is 13.2. The van der Waals surface area contributed by atoms with Gasteiger partial charge in [-0.3, -0.25) is 62.9 Å². The second-order valence-electron chi connectivity index (χ2n) is 29.8. The van der Waals surface area contributed by atoms with E-state index in [9.17, 15) is 52.7 Å². The molecule has 17 aromatic rings. The number of carboxylic acids is 2. The number of anilines is 6. The number of aromatic nitrogens is 24. The van der Waals surface area contributed by atoms with Gasteiger partial charge in [-0.15, -0.1) is 0 Å². The maximum atomic E-state index is 12.8. The third kappa shape index (κ3) is 32.2. The number of ether oxygens (including phenoxy) is 7. The van der Waals surface area contributed by atoms with Gasteiger partial charge < -0.3 is 102 Å². The Morgan fingerprint density at radius 3 is 0.987 bits per heavy atom. The minimum atomic E-state index is -1.04. The first kappa shape index (κ1) is 118. The van der Waals surface area contributed by atoms with E-state index in [1.54, 1.807) is 183 Å². The van der Waals surface area contributed by atoms with Gasteiger partial charge in [0, 0.05) is 46.8 Å². The summed E-state index contributed by atoms with van der Waals surface area (Å²) in [6, 6.07) is 33.3. The van der Waals surface area contributed by atoms with Crippen LogP contribution >= 0.6 is 0 Å². The molecule has 0 spiro atoms. The predicted molar refractivity (Wildman–Crippen MR) is 526 cm³/mol. The van der Waals surface area contributed by atoms with Crippen molar-refractivity contribution in [2.24, 2.45) is 5.92 Å². The summed E-state index contributed by atoms with van der Waals surface area (Å²) in [5.74, 6) is -0.712. The molecule has 0 aliphatic rings. The summed E-state index contributed by atoms with van der Waals surface area (Å²) >= 11 is 0. The number of nitrogens with one attached hydrogen (secondary N) is 9. The number of H-pyrrole nitrogens is 2. The van der Waals surface area contributed by atoms with Crippen LogP contribution in [0.2, 0.25) is 0 Å². The summed E-state index contributed by atoms with van der Waals surface area (Å²) in [5.41, 5.74) is 10.5. The number of likely N-dealkylation sites (N-methyl/N-ethyl adjacent to an activating group) is 1. The van der Waals surface area contributed by atoms with Crippen molar-refractivity contribution >= 4 is 166 Å². The summed E-state index contributed by atoms with van der Waals surface area (Å²) in [6.45, 7) is 0.492. The fourth-order valence-electron chi connectivity index (χ4n) is 13.2. The van der Waals surface area contributed by atoms with Crippen molar-refractivity contribution in [3.8, 4) is 28.7 Å². The molecule has 0 saturated heterocycles. The number of amides is 6. The van der Waals surface area contributed by atoms with Gasteiger partial charge in [-0.25, -0.2) is 78.5 Å². The quantitative estimate of drug-likeness (QED) is 0.0186. The second-order valence-corrected chi connectivity index (χ2v) is 29.8. The molecule has 0 bridgehead atoms. The largest absolute Gasteiger partial charge is 1.00 e. The number of hydrogen-bond donors (Lipinski definition) is 12. The molecule has 1 unspecified atom stereocenters. The fraction of sp³-hybridized carbons (Fsp3) is 0.228. The maximum absolute atomic E-state index is 12.8. The van der Waals surface area contributed by atoms with Crippen LogP contribution in [0.25, 0.3) is 66.2 Å². The van der Waals surface area contributed by atoms with Crippen molar-refractivity contribution in [2.75, 3.05) is 122 Å². The molecule has 17 rings (SSSR count). The minimum absolute atomic E-state index is 0. The van der Waals surface area contributed by atoms with Crippen LogP contribution in [-0.4, -0.2) is 301 Å². The predicted octanol–water partition coefficient (Wildman–Crippen LogP) is -0.0637. The number of carboxylic acid groups (broad SMARTS) is 2. The van der Waals surface area contributed by atoms with E-state index in [0.29, 0.717) is 161 Å². The van der Waals surface area contributed by atoms with E-state index in [-0.39, 0.29) is 175 Å². The maximum Gasteiger partial charge on any atom is 1.00 e. The molecule has 0 fully saturated rings. The zero-order chi connectivity index (χ0) is 103. The average Bonchev–Trinajstić information content (AvgIpc) is 1.66. The van der Waals surface area contributed by atoms with Crippen molar-refractivity contribution in [3.05, 3.63) is 224 Å². The number of Topliss-reactive ketones (excluding diaryl/α,β-unsaturated/α-hetero) is 1. The first-order valence-corrected chi connectivity index (χ1v) is 42.9. The average molecular weight is 2060 g/mol. The van der Waals surface area contributed by atoms with Gasteiger partial charge in [0.1, 0.15) is 134 Å². The number of aromatic amines is 2. The van der Waals surface area contributed by atoms with Gasteiger partial charge in [0.25, 0.3) is 29.5 Å². The molecule has 766 valence electrons. The van der Waals surface area contributed by atoms with Gasteiger partial charge in [-0.05, 0) is 148 Å². The Morgan fingerprint density at radius 2 is 0.671 bits per heavy atom. The second kappa shape index (κ2) is 58.4. The van der Waals surface area contributed by atoms with E-state index in [1.807, 2.05) is 0 Å². The van der Waals surface area contributed by atoms with Crippen LogP contribution in [0.3, 0.4) is 0 Å². The summed E-state index contributed by atoms with van der Waals surface area (Å²) in [4.78, 5) is 183. The van der Waals surface area contributed by atoms with E-state index < -0.39 is 29.8 Å². The molecule has 57 heteroatoms. The minimum Gasteiger partial charge on any atom is -0.870 e. The van der Waals surface area contributed by atoms with E-state index in [2.05, 4.69) is 147 Å². The number of benzene rings is 5. The molecule has 0 saturated carbocycles. The monoisotopic (exact) mass is 2060 g/mol. The third-order valence-electron chi connectivity index (χ3n) is 20.7. The summed E-state index contributed by atoms with van der Waals surface area (Å²) in [7, 11) is 13.8. The van der Waals surface area contributed by atoms with Gasteiger partial charge >= 0.3 is 83.0 Å². The van der Waals surface area contributed by atoms with Crippen LogP contribution in [0.4, 0.5) is 34.9 Å². The smallest absolute Gasteiger partial charge is 0.870 e. The first-order valence-electron chi connectivity index (χ1n) is 42.9. The molecular weight excluding hydrogens is 1970 g/mol. The van der Waals surface area contributed by atoms with Gasteiger partial charge in [-0.1, -0.05) is 7.43 Å². The Labute approximate surface area is 889 Å². The summed E-state index contributed by atoms with van der Waals surface area (Å²) < 4.78 is 40.0. The van der Waals surface area contributed by atoms with Crippen LogP contribution in [0.1, 0.15) is 72.1 Å². The first-order chi connectivity index (χ1) is 69.7. The number of carbonyl (C=O) groups excluding carboxylic acids is 9. The number of esters is 2. The van der Waals surface area contributed by atoms with Crippen molar-refractivity contribution in [1.29, 1.82) is 0 Å². The van der Waals surface area contributed by atoms with Crippen molar-refractivity contribution < 1.29 is 166 Å². The molecular formula is C92H99N33Na2O22. The standard InChI is InChI=1S/C21H25N7O5.C21H24N6O5.C16H15N5O4.C15H13N5O4.C13H11N5O2.C5H5N5.CH4.2Na.2H2O/c1-22-8-9-27(12-18(30)33-3)17(29)11-28-20-16(10-25-28)19(23-13-24-20)26-21(31)14-4-6-15(32-2)7-5-14;1-22-8-7-14(9-18(29)30)17(28)11-27-20-16(10-25-27)19(23-12-24-20)26-21(31)13-3-5-15(32-2)6-4-13;1-24-11-5-3-10(4-6-11)16(23)20-14-12-7-19-21(8-13(22)25-2)15(12)18-9-17-14;1-24-10-4-2-9(3-5-10)15(23)19-13-11-6-18-20(7-12(21)22)14(11)17-8-16-13;1-20-9-4-2-8(3-5-9)13(19)17-11-10-6-16-18-12(10)15-7-14-11;6-4-3-1-9-10-5(3)8-2-7-4;;;;;/h4-7,10,13,22H,8-9,11-12H2,1-3H3,(H,23,24,26,31);3-6,10,12,14,22H,7-9,11H2,1-2H3,(H,29,30)(H,23,24,26,31);3-7,9H,8H2,1-2H3,(H,17,18,20,23);2-6,8H,7H2,1H3,(H,21,22)(H,16,17,19,23);2-7H,1H3,(H2,14,15,16,17,18,19);1-2H,(H3,6,7,8,9,10);1H4;;;2*1H2/q;;;;;;;2*+1;;/p-2. The molecule has 149 heavy (non-hydrogen) atoms. The molecule has 0 aliphatic heterocycles. The van der Waals surface area contributed by atoms with E-state index >= 15 is 0 Å². The molecule has 0 radical (unpaired) electrons. The van der Waals surface area contributed by atoms with Crippen LogP contribution in [0, 0.1) is 5.92 Å². The number of ketones is 1.